The van der Waals surface area contributed by atoms with Crippen molar-refractivity contribution in [2.45, 2.75) is 24.5 Å². The van der Waals surface area contributed by atoms with Crippen LogP contribution in [-0.2, 0) is 5.75 Å². The summed E-state index contributed by atoms with van der Waals surface area (Å²) in [6, 6.07) is 18.0. The molecule has 0 N–H and O–H groups in total. The van der Waals surface area contributed by atoms with Gasteiger partial charge in [0.15, 0.2) is 0 Å². The fraction of sp³-hybridized carbons (Fsp3) is 0.200. The normalized spacial score (nSPS) is 10.4. The van der Waals surface area contributed by atoms with Gasteiger partial charge in [-0.05, 0) is 37.1 Å². The molecule has 1 heteroatoms. The van der Waals surface area contributed by atoms with Crippen LogP contribution in [-0.4, -0.2) is 0 Å². The maximum Gasteiger partial charge on any atom is 0.0234 e. The minimum Gasteiger partial charge on any atom is -0.121 e. The molecule has 0 saturated carbocycles. The molecule has 0 spiro atoms. The third-order valence-electron chi connectivity index (χ3n) is 2.56. The molecule has 1 radical (unpaired) electrons. The van der Waals surface area contributed by atoms with E-state index >= 15 is 0 Å². The molecule has 2 rings (SSSR count). The monoisotopic (exact) mass is 227 g/mol. The second-order valence-electron chi connectivity index (χ2n) is 3.95. The Bertz CT molecular complexity index is 460. The molecule has 0 unspecified atom stereocenters. The van der Waals surface area contributed by atoms with Crippen LogP contribution in [0.25, 0.3) is 0 Å². The summed E-state index contributed by atoms with van der Waals surface area (Å²) in [5, 5.41) is 0. The van der Waals surface area contributed by atoms with Crippen molar-refractivity contribution in [2.24, 2.45) is 0 Å². The molecule has 2 aromatic carbocycles. The lowest BCUT2D eigenvalue weighted by atomic mass is 10.1. The highest BCUT2D eigenvalue weighted by Gasteiger charge is 1.99. The first-order valence-corrected chi connectivity index (χ1v) is 6.40. The summed E-state index contributed by atoms with van der Waals surface area (Å²) in [4.78, 5) is 1.21. The quantitative estimate of drug-likeness (QED) is 0.700. The van der Waals surface area contributed by atoms with Crippen molar-refractivity contribution in [3.8, 4) is 0 Å². The minimum absolute atomic E-state index is 1.02. The van der Waals surface area contributed by atoms with E-state index in [9.17, 15) is 0 Å². The number of aryl methyl sites for hydroxylation is 2. The number of hydrogen-bond donors (Lipinski definition) is 0. The fourth-order valence-corrected chi connectivity index (χ4v) is 2.59. The fourth-order valence-electron chi connectivity index (χ4n) is 1.63. The van der Waals surface area contributed by atoms with Crippen LogP contribution < -0.4 is 0 Å². The second kappa shape index (κ2) is 5.22. The van der Waals surface area contributed by atoms with Crippen molar-refractivity contribution < 1.29 is 0 Å². The van der Waals surface area contributed by atoms with E-state index in [1.165, 1.54) is 21.6 Å². The van der Waals surface area contributed by atoms with Crippen LogP contribution in [0.5, 0.6) is 0 Å². The number of hydrogen-bond acceptors (Lipinski definition) is 1. The summed E-state index contributed by atoms with van der Waals surface area (Å²) in [5.74, 6) is 1.02. The van der Waals surface area contributed by atoms with Gasteiger partial charge in [-0.2, -0.15) is 0 Å². The molecule has 0 saturated heterocycles. The molecule has 0 aromatic heterocycles. The molecule has 0 amide bonds. The Labute approximate surface area is 102 Å². The zero-order valence-electron chi connectivity index (χ0n) is 9.66. The van der Waals surface area contributed by atoms with E-state index in [1.807, 2.05) is 23.9 Å². The van der Waals surface area contributed by atoms with Crippen LogP contribution in [0.4, 0.5) is 0 Å². The van der Waals surface area contributed by atoms with Crippen LogP contribution in [0.2, 0.25) is 0 Å². The van der Waals surface area contributed by atoms with Crippen LogP contribution in [0.3, 0.4) is 0 Å². The predicted molar refractivity (Wildman–Crippen MR) is 70.8 cm³/mol. The Morgan fingerprint density at radius 3 is 2.69 bits per heavy atom. The molecule has 0 bridgehead atoms. The van der Waals surface area contributed by atoms with Gasteiger partial charge in [-0.15, -0.1) is 11.8 Å². The van der Waals surface area contributed by atoms with Crippen molar-refractivity contribution in [2.75, 3.05) is 0 Å². The standard InChI is InChI=1S/C15H15S/c1-12-8-9-14(13(2)10-12)11-16-15-6-4-3-5-7-15/h3-6,8-10H,11H2,1-2H3. The Hall–Kier alpha value is -1.21. The van der Waals surface area contributed by atoms with E-state index in [0.29, 0.717) is 0 Å². The van der Waals surface area contributed by atoms with Gasteiger partial charge in [0.25, 0.3) is 0 Å². The zero-order valence-corrected chi connectivity index (χ0v) is 10.5. The van der Waals surface area contributed by atoms with Gasteiger partial charge in [-0.25, -0.2) is 0 Å². The average Bonchev–Trinajstić information content (AvgIpc) is 2.29. The lowest BCUT2D eigenvalue weighted by Crippen LogP contribution is -1.87. The van der Waals surface area contributed by atoms with Gasteiger partial charge < -0.3 is 0 Å². The van der Waals surface area contributed by atoms with Gasteiger partial charge in [0, 0.05) is 10.6 Å². The third kappa shape index (κ3) is 2.89. The van der Waals surface area contributed by atoms with E-state index in [1.54, 1.807) is 0 Å². The average molecular weight is 227 g/mol. The van der Waals surface area contributed by atoms with Crippen molar-refractivity contribution in [3.05, 3.63) is 65.2 Å². The second-order valence-corrected chi connectivity index (χ2v) is 4.96. The Kier molecular flexibility index (Phi) is 3.68. The molecule has 0 aliphatic rings. The van der Waals surface area contributed by atoms with Crippen LogP contribution >= 0.6 is 11.8 Å². The van der Waals surface area contributed by atoms with Crippen molar-refractivity contribution in [1.82, 2.24) is 0 Å². The van der Waals surface area contributed by atoms with E-state index in [-0.39, 0.29) is 0 Å². The SMILES string of the molecule is Cc1ccc(CSc2[c]cccc2)c(C)c1. The largest absolute Gasteiger partial charge is 0.121 e. The minimum atomic E-state index is 1.02. The highest BCUT2D eigenvalue weighted by atomic mass is 32.2. The van der Waals surface area contributed by atoms with Crippen molar-refractivity contribution >= 4 is 11.8 Å². The van der Waals surface area contributed by atoms with Crippen LogP contribution in [0.15, 0.2) is 47.4 Å². The number of benzene rings is 2. The van der Waals surface area contributed by atoms with Gasteiger partial charge in [0.2, 0.25) is 0 Å². The highest BCUT2D eigenvalue weighted by molar-refractivity contribution is 7.98. The summed E-state index contributed by atoms with van der Waals surface area (Å²) < 4.78 is 0. The molecule has 0 fully saturated rings. The lowest BCUT2D eigenvalue weighted by molar-refractivity contribution is 1.27. The van der Waals surface area contributed by atoms with E-state index in [2.05, 4.69) is 50.2 Å². The highest BCUT2D eigenvalue weighted by Crippen LogP contribution is 2.23. The molecule has 0 nitrogen and oxygen atoms in total. The van der Waals surface area contributed by atoms with Crippen LogP contribution in [0, 0.1) is 19.9 Å². The first-order valence-electron chi connectivity index (χ1n) is 5.41. The molecule has 81 valence electrons. The Morgan fingerprint density at radius 1 is 1.12 bits per heavy atom. The molecular formula is C15H15S. The number of thioether (sulfide) groups is 1. The van der Waals surface area contributed by atoms with E-state index < -0.39 is 0 Å². The molecule has 16 heavy (non-hydrogen) atoms. The summed E-state index contributed by atoms with van der Waals surface area (Å²) in [7, 11) is 0. The maximum absolute atomic E-state index is 3.23. The number of rotatable bonds is 3. The Morgan fingerprint density at radius 2 is 2.00 bits per heavy atom. The summed E-state index contributed by atoms with van der Waals surface area (Å²) in [5.41, 5.74) is 4.12. The first-order chi connectivity index (χ1) is 7.75. The molecule has 0 aliphatic carbocycles. The van der Waals surface area contributed by atoms with Gasteiger partial charge in [0.1, 0.15) is 0 Å². The van der Waals surface area contributed by atoms with Crippen LogP contribution in [0.1, 0.15) is 16.7 Å². The smallest absolute Gasteiger partial charge is 0.0234 e. The third-order valence-corrected chi connectivity index (χ3v) is 3.58. The summed E-state index contributed by atoms with van der Waals surface area (Å²) in [6.45, 7) is 4.31. The van der Waals surface area contributed by atoms with Crippen molar-refractivity contribution in [3.63, 3.8) is 0 Å². The maximum atomic E-state index is 3.23. The molecule has 0 aliphatic heterocycles. The molecule has 0 heterocycles. The van der Waals surface area contributed by atoms with Crippen molar-refractivity contribution in [1.29, 1.82) is 0 Å². The molecular weight excluding hydrogens is 212 g/mol. The van der Waals surface area contributed by atoms with Gasteiger partial charge >= 0.3 is 0 Å². The Balaban J connectivity index is 2.05. The first kappa shape index (κ1) is 11.3. The van der Waals surface area contributed by atoms with Gasteiger partial charge in [0.05, 0.1) is 0 Å². The summed E-state index contributed by atoms with van der Waals surface area (Å²) in [6.07, 6.45) is 0. The topological polar surface area (TPSA) is 0 Å². The molecule has 2 aromatic rings. The van der Waals surface area contributed by atoms with E-state index in [0.717, 1.165) is 5.75 Å². The van der Waals surface area contributed by atoms with E-state index in [4.69, 9.17) is 0 Å². The molecule has 0 atom stereocenters. The summed E-state index contributed by atoms with van der Waals surface area (Å²) >= 11 is 1.84. The zero-order chi connectivity index (χ0) is 11.4. The van der Waals surface area contributed by atoms with Gasteiger partial charge in [-0.3, -0.25) is 0 Å². The van der Waals surface area contributed by atoms with Gasteiger partial charge in [-0.1, -0.05) is 42.0 Å². The lowest BCUT2D eigenvalue weighted by Gasteiger charge is -2.06. The predicted octanol–water partition coefficient (Wildman–Crippen LogP) is 4.40.